The lowest BCUT2D eigenvalue weighted by Gasteiger charge is -2.36. The van der Waals surface area contributed by atoms with E-state index in [1.54, 1.807) is 13.0 Å². The molecule has 3 heterocycles. The van der Waals surface area contributed by atoms with Crippen LogP contribution in [0.1, 0.15) is 44.2 Å². The molecule has 33 heavy (non-hydrogen) atoms. The normalized spacial score (nSPS) is 20.8. The van der Waals surface area contributed by atoms with Crippen molar-refractivity contribution in [2.45, 2.75) is 38.6 Å². The molecule has 1 N–H and O–H groups in total. The van der Waals surface area contributed by atoms with E-state index < -0.39 is 12.0 Å². The number of allylic oxidation sites excluding steroid dienone is 1. The van der Waals surface area contributed by atoms with Gasteiger partial charge in [0.1, 0.15) is 0 Å². The van der Waals surface area contributed by atoms with Crippen LogP contribution in [0, 0.1) is 0 Å². The second-order valence-electron chi connectivity index (χ2n) is 8.34. The minimum Gasteiger partial charge on any atom is -0.466 e. The number of hydrogen-bond acceptors (Lipinski definition) is 7. The summed E-state index contributed by atoms with van der Waals surface area (Å²) in [5.74, 6) is -0.508. The Morgan fingerprint density at radius 3 is 2.73 bits per heavy atom. The summed E-state index contributed by atoms with van der Waals surface area (Å²) in [5, 5.41) is 6.24. The second-order valence-corrected chi connectivity index (χ2v) is 9.58. The third kappa shape index (κ3) is 5.28. The summed E-state index contributed by atoms with van der Waals surface area (Å²) in [5.41, 5.74) is 2.57. The molecule has 0 radical (unpaired) electrons. The van der Waals surface area contributed by atoms with Gasteiger partial charge in [-0.25, -0.2) is 9.79 Å². The van der Waals surface area contributed by atoms with E-state index in [0.717, 1.165) is 36.1 Å². The van der Waals surface area contributed by atoms with Crippen LogP contribution in [0.5, 0.6) is 0 Å². The maximum Gasteiger partial charge on any atom is 0.338 e. The summed E-state index contributed by atoms with van der Waals surface area (Å²) < 4.78 is 5.08. The molecule has 3 aliphatic heterocycles. The van der Waals surface area contributed by atoms with Crippen LogP contribution in [0.3, 0.4) is 0 Å². The van der Waals surface area contributed by atoms with Gasteiger partial charge < -0.3 is 19.9 Å². The lowest BCUT2D eigenvalue weighted by Crippen LogP contribution is -2.40. The molecular weight excluding hydrogens is 460 g/mol. The van der Waals surface area contributed by atoms with Gasteiger partial charge in [-0.05, 0) is 49.9 Å². The first-order valence-electron chi connectivity index (χ1n) is 11.3. The molecular formula is C24H29ClN4O3S. The van der Waals surface area contributed by atoms with Crippen LogP contribution >= 0.6 is 23.4 Å². The van der Waals surface area contributed by atoms with Crippen molar-refractivity contribution in [1.82, 2.24) is 15.1 Å². The van der Waals surface area contributed by atoms with Crippen molar-refractivity contribution in [2.75, 3.05) is 33.3 Å². The first kappa shape index (κ1) is 23.9. The van der Waals surface area contributed by atoms with E-state index in [1.807, 2.05) is 28.5 Å². The highest BCUT2D eigenvalue weighted by Crippen LogP contribution is 2.46. The summed E-state index contributed by atoms with van der Waals surface area (Å²) in [6.45, 7) is 5.50. The molecule has 1 aromatic rings. The van der Waals surface area contributed by atoms with Crippen LogP contribution in [0.25, 0.3) is 0 Å². The molecule has 0 aromatic heterocycles. The van der Waals surface area contributed by atoms with E-state index >= 15 is 0 Å². The number of esters is 1. The predicted molar refractivity (Wildman–Crippen MR) is 132 cm³/mol. The van der Waals surface area contributed by atoms with Gasteiger partial charge >= 0.3 is 5.97 Å². The Morgan fingerprint density at radius 2 is 2.00 bits per heavy atom. The first-order valence-corrected chi connectivity index (χ1v) is 12.5. The van der Waals surface area contributed by atoms with E-state index in [0.29, 0.717) is 22.8 Å². The highest BCUT2D eigenvalue weighted by atomic mass is 35.5. The number of nitrogens with zero attached hydrogens (tertiary/aromatic N) is 3. The van der Waals surface area contributed by atoms with Crippen LogP contribution in [0.4, 0.5) is 0 Å². The Bertz CT molecular complexity index is 1020. The highest BCUT2D eigenvalue weighted by Gasteiger charge is 2.41. The maximum absolute atomic E-state index is 12.8. The van der Waals surface area contributed by atoms with Crippen LogP contribution in [-0.2, 0) is 14.3 Å². The number of halogens is 1. The Kier molecular flexibility index (Phi) is 7.78. The number of methoxy groups -OCH3 is 1. The third-order valence-electron chi connectivity index (χ3n) is 6.15. The fourth-order valence-electron chi connectivity index (χ4n) is 4.50. The number of amides is 1. The van der Waals surface area contributed by atoms with Crippen molar-refractivity contribution < 1.29 is 14.3 Å². The number of thioether (sulfide) groups is 1. The molecule has 176 valence electrons. The Balaban J connectivity index is 1.52. The minimum absolute atomic E-state index is 0.0519. The Hall–Kier alpha value is -2.29. The Labute approximate surface area is 203 Å². The standard InChI is InChI=1S/C24H29ClN4O3S/c1-16-21(23(31)32-2)22(18-8-4-5-9-19(18)25)29-17(15-33-24(29)27-16)14-20(30)26-10-13-28-11-6-3-7-12-28/h4-5,8-9,15,22H,3,6-7,10-14H2,1-2H3,(H,26,30). The van der Waals surface area contributed by atoms with Crippen LogP contribution in [0.15, 0.2) is 51.6 Å². The van der Waals surface area contributed by atoms with Gasteiger partial charge in [0.25, 0.3) is 0 Å². The quantitative estimate of drug-likeness (QED) is 0.583. The minimum atomic E-state index is -0.513. The molecule has 1 aromatic carbocycles. The summed E-state index contributed by atoms with van der Waals surface area (Å²) in [6.07, 6.45) is 3.95. The van der Waals surface area contributed by atoms with Gasteiger partial charge in [-0.1, -0.05) is 48.0 Å². The van der Waals surface area contributed by atoms with Crippen molar-refractivity contribution in [2.24, 2.45) is 4.99 Å². The van der Waals surface area contributed by atoms with Crippen molar-refractivity contribution in [3.05, 3.63) is 57.2 Å². The summed E-state index contributed by atoms with van der Waals surface area (Å²) in [4.78, 5) is 34.5. The van der Waals surface area contributed by atoms with Crippen molar-refractivity contribution in [1.29, 1.82) is 0 Å². The van der Waals surface area contributed by atoms with Crippen LogP contribution < -0.4 is 5.32 Å². The van der Waals surface area contributed by atoms with Gasteiger partial charge in [-0.2, -0.15) is 0 Å². The maximum atomic E-state index is 12.8. The molecule has 1 fully saturated rings. The number of aliphatic imine (C=N–C) groups is 1. The molecule has 7 nitrogen and oxygen atoms in total. The van der Waals surface area contributed by atoms with Crippen molar-refractivity contribution in [3.63, 3.8) is 0 Å². The lowest BCUT2D eigenvalue weighted by atomic mass is 9.94. The average molecular weight is 489 g/mol. The van der Waals surface area contributed by atoms with Gasteiger partial charge in [-0.15, -0.1) is 0 Å². The molecule has 1 amide bonds. The molecule has 0 saturated carbocycles. The lowest BCUT2D eigenvalue weighted by molar-refractivity contribution is -0.136. The average Bonchev–Trinajstić information content (AvgIpc) is 3.20. The molecule has 1 saturated heterocycles. The number of benzene rings is 1. The zero-order valence-electron chi connectivity index (χ0n) is 19.0. The number of amidine groups is 1. The van der Waals surface area contributed by atoms with Crippen molar-refractivity contribution >= 4 is 40.4 Å². The fourth-order valence-corrected chi connectivity index (χ4v) is 5.70. The van der Waals surface area contributed by atoms with Gasteiger partial charge in [-0.3, -0.25) is 4.79 Å². The van der Waals surface area contributed by atoms with Gasteiger partial charge in [0.05, 0.1) is 30.8 Å². The summed E-state index contributed by atoms with van der Waals surface area (Å²) in [6, 6.07) is 6.92. The first-order chi connectivity index (χ1) is 16.0. The van der Waals surface area contributed by atoms with E-state index in [1.165, 1.54) is 38.1 Å². The fraction of sp³-hybridized carbons (Fsp3) is 0.458. The molecule has 1 atom stereocenters. The van der Waals surface area contributed by atoms with Crippen LogP contribution in [0.2, 0.25) is 5.02 Å². The van der Waals surface area contributed by atoms with E-state index in [9.17, 15) is 9.59 Å². The number of nitrogens with one attached hydrogen (secondary N) is 1. The number of rotatable bonds is 7. The zero-order chi connectivity index (χ0) is 23.4. The third-order valence-corrected chi connectivity index (χ3v) is 7.38. The summed E-state index contributed by atoms with van der Waals surface area (Å²) in [7, 11) is 1.36. The topological polar surface area (TPSA) is 74.2 Å². The largest absolute Gasteiger partial charge is 0.466 e. The molecule has 0 bridgehead atoms. The smallest absolute Gasteiger partial charge is 0.338 e. The molecule has 1 unspecified atom stereocenters. The predicted octanol–water partition coefficient (Wildman–Crippen LogP) is 4.08. The number of ether oxygens (including phenoxy) is 1. The monoisotopic (exact) mass is 488 g/mol. The molecule has 9 heteroatoms. The van der Waals surface area contributed by atoms with E-state index in [-0.39, 0.29) is 12.3 Å². The SMILES string of the molecule is COC(=O)C1=C(C)N=C2SC=C(CC(=O)NCCN3CCCCC3)N2C1c1ccccc1Cl. The molecule has 0 spiro atoms. The molecule has 4 rings (SSSR count). The summed E-state index contributed by atoms with van der Waals surface area (Å²) >= 11 is 8.00. The number of piperidine rings is 1. The van der Waals surface area contributed by atoms with E-state index in [2.05, 4.69) is 15.2 Å². The van der Waals surface area contributed by atoms with E-state index in [4.69, 9.17) is 16.3 Å². The van der Waals surface area contributed by atoms with Crippen molar-refractivity contribution in [3.8, 4) is 0 Å². The van der Waals surface area contributed by atoms with Gasteiger partial charge in [0, 0.05) is 23.8 Å². The Morgan fingerprint density at radius 1 is 1.24 bits per heavy atom. The second kappa shape index (κ2) is 10.8. The highest BCUT2D eigenvalue weighted by molar-refractivity contribution is 8.16. The van der Waals surface area contributed by atoms with Crippen LogP contribution in [-0.4, -0.2) is 60.1 Å². The number of fused-ring (bicyclic) bond motifs is 1. The molecule has 3 aliphatic rings. The zero-order valence-corrected chi connectivity index (χ0v) is 20.5. The number of likely N-dealkylation sites (tertiary alicyclic amines) is 1. The number of carbonyl (C=O) groups excluding carboxylic acids is 2. The number of hydrogen-bond donors (Lipinski definition) is 1. The van der Waals surface area contributed by atoms with Gasteiger partial charge in [0.15, 0.2) is 5.17 Å². The number of carbonyl (C=O) groups is 2. The molecule has 0 aliphatic carbocycles. The van der Waals surface area contributed by atoms with Gasteiger partial charge in [0.2, 0.25) is 5.91 Å².